The number of rotatable bonds is 2. The summed E-state index contributed by atoms with van der Waals surface area (Å²) in [7, 11) is 2.08. The lowest BCUT2D eigenvalue weighted by atomic mass is 9.80. The van der Waals surface area contributed by atoms with E-state index in [1.807, 2.05) is 12.1 Å². The number of aryl methyl sites for hydroxylation is 3. The lowest BCUT2D eigenvalue weighted by Gasteiger charge is -2.25. The molecule has 3 heteroatoms. The highest BCUT2D eigenvalue weighted by Crippen LogP contribution is 2.38. The summed E-state index contributed by atoms with van der Waals surface area (Å²) < 4.78 is 29.9. The molecular formula is C31H32F2N+. The highest BCUT2D eigenvalue weighted by Gasteiger charge is 2.34. The lowest BCUT2D eigenvalue weighted by Crippen LogP contribution is -2.30. The minimum Gasteiger partial charge on any atom is -0.207 e. The van der Waals surface area contributed by atoms with Gasteiger partial charge in [-0.05, 0) is 69.0 Å². The topological polar surface area (TPSA) is 3.88 Å². The van der Waals surface area contributed by atoms with Crippen LogP contribution in [0.25, 0.3) is 33.2 Å². The van der Waals surface area contributed by atoms with E-state index in [2.05, 4.69) is 94.0 Å². The van der Waals surface area contributed by atoms with Gasteiger partial charge in [0.25, 0.3) is 5.92 Å². The number of aromatic nitrogens is 1. The molecule has 0 bridgehead atoms. The van der Waals surface area contributed by atoms with E-state index in [9.17, 15) is 8.78 Å². The Morgan fingerprint density at radius 2 is 1.56 bits per heavy atom. The average molecular weight is 457 g/mol. The van der Waals surface area contributed by atoms with Crippen molar-refractivity contribution in [1.29, 1.82) is 0 Å². The largest absolute Gasteiger partial charge is 0.252 e. The summed E-state index contributed by atoms with van der Waals surface area (Å²) in [6.07, 6.45) is 2.32. The van der Waals surface area contributed by atoms with Crippen molar-refractivity contribution < 1.29 is 13.3 Å². The number of pyridine rings is 1. The number of benzene rings is 3. The van der Waals surface area contributed by atoms with Gasteiger partial charge in [-0.2, -0.15) is 0 Å². The predicted molar refractivity (Wildman–Crippen MR) is 136 cm³/mol. The van der Waals surface area contributed by atoms with Crippen LogP contribution in [-0.4, -0.2) is 5.92 Å². The average Bonchev–Trinajstić information content (AvgIpc) is 2.78. The van der Waals surface area contributed by atoms with Crippen LogP contribution in [-0.2, 0) is 25.3 Å². The lowest BCUT2D eigenvalue weighted by molar-refractivity contribution is -0.660. The Morgan fingerprint density at radius 1 is 0.853 bits per heavy atom. The zero-order valence-corrected chi connectivity index (χ0v) is 20.7. The number of fused-ring (bicyclic) bond motifs is 2. The molecule has 1 aliphatic carbocycles. The normalized spacial score (nSPS) is 15.4. The summed E-state index contributed by atoms with van der Waals surface area (Å²) in [5, 5.41) is 2.59. The van der Waals surface area contributed by atoms with Crippen LogP contribution < -0.4 is 4.57 Å². The van der Waals surface area contributed by atoms with Gasteiger partial charge in [-0.15, -0.1) is 0 Å². The fourth-order valence-electron chi connectivity index (χ4n) is 5.32. The van der Waals surface area contributed by atoms with Crippen molar-refractivity contribution in [2.24, 2.45) is 7.05 Å². The second-order valence-corrected chi connectivity index (χ2v) is 10.8. The molecular weight excluding hydrogens is 424 g/mol. The Kier molecular flexibility index (Phi) is 5.35. The van der Waals surface area contributed by atoms with Gasteiger partial charge < -0.3 is 0 Å². The second-order valence-electron chi connectivity index (χ2n) is 10.8. The van der Waals surface area contributed by atoms with Crippen molar-refractivity contribution in [3.8, 4) is 22.4 Å². The van der Waals surface area contributed by atoms with E-state index in [4.69, 9.17) is 0 Å². The third kappa shape index (κ3) is 4.02. The van der Waals surface area contributed by atoms with Crippen molar-refractivity contribution >= 4 is 10.8 Å². The summed E-state index contributed by atoms with van der Waals surface area (Å²) in [6, 6.07) is 21.4. The zero-order chi connectivity index (χ0) is 24.3. The zero-order valence-electron chi connectivity index (χ0n) is 20.7. The first-order valence-corrected chi connectivity index (χ1v) is 12.1. The van der Waals surface area contributed by atoms with Gasteiger partial charge in [0.05, 0.1) is 0 Å². The van der Waals surface area contributed by atoms with Crippen LogP contribution >= 0.6 is 0 Å². The van der Waals surface area contributed by atoms with Crippen molar-refractivity contribution in [2.45, 2.75) is 58.3 Å². The number of nitrogens with zero attached hydrogens (tertiary/aromatic N) is 1. The van der Waals surface area contributed by atoms with Gasteiger partial charge in [0.1, 0.15) is 7.05 Å². The minimum atomic E-state index is -2.58. The smallest absolute Gasteiger partial charge is 0.207 e. The van der Waals surface area contributed by atoms with Crippen LogP contribution in [0.4, 0.5) is 8.78 Å². The summed E-state index contributed by atoms with van der Waals surface area (Å²) >= 11 is 0. The fraction of sp³-hybridized carbons (Fsp3) is 0.323. The Morgan fingerprint density at radius 3 is 2.29 bits per heavy atom. The van der Waals surface area contributed by atoms with E-state index >= 15 is 0 Å². The summed E-state index contributed by atoms with van der Waals surface area (Å²) in [5.41, 5.74) is 9.02. The Balaban J connectivity index is 1.66. The first-order chi connectivity index (χ1) is 16.0. The van der Waals surface area contributed by atoms with Crippen molar-refractivity contribution in [2.75, 3.05) is 0 Å². The van der Waals surface area contributed by atoms with E-state index in [0.717, 1.165) is 27.9 Å². The molecule has 34 heavy (non-hydrogen) atoms. The number of hydrogen-bond donors (Lipinski definition) is 0. The van der Waals surface area contributed by atoms with E-state index in [1.165, 1.54) is 27.5 Å². The second kappa shape index (κ2) is 8.01. The van der Waals surface area contributed by atoms with E-state index < -0.39 is 5.92 Å². The molecule has 3 aromatic carbocycles. The van der Waals surface area contributed by atoms with Gasteiger partial charge in [0.2, 0.25) is 5.69 Å². The molecule has 1 aliphatic rings. The fourth-order valence-corrected chi connectivity index (χ4v) is 5.32. The Labute approximate surface area is 201 Å². The first kappa shape index (κ1) is 22.7. The molecule has 0 fully saturated rings. The van der Waals surface area contributed by atoms with Crippen molar-refractivity contribution in [3.63, 3.8) is 0 Å². The van der Waals surface area contributed by atoms with Crippen LogP contribution in [0.5, 0.6) is 0 Å². The quantitative estimate of drug-likeness (QED) is 0.272. The molecule has 174 valence electrons. The van der Waals surface area contributed by atoms with Crippen molar-refractivity contribution in [3.05, 3.63) is 89.1 Å². The third-order valence-electron chi connectivity index (χ3n) is 7.30. The van der Waals surface area contributed by atoms with Gasteiger partial charge in [-0.25, -0.2) is 13.3 Å². The van der Waals surface area contributed by atoms with E-state index in [1.54, 1.807) is 0 Å². The number of alkyl halides is 2. The van der Waals surface area contributed by atoms with Gasteiger partial charge in [0, 0.05) is 30.5 Å². The highest BCUT2D eigenvalue weighted by atomic mass is 19.3. The molecule has 0 spiro atoms. The molecule has 0 unspecified atom stereocenters. The Hall–Kier alpha value is -3.07. The number of hydrogen-bond acceptors (Lipinski definition) is 0. The van der Waals surface area contributed by atoms with Gasteiger partial charge in [-0.3, -0.25) is 0 Å². The summed E-state index contributed by atoms with van der Waals surface area (Å²) in [4.78, 5) is 0. The minimum absolute atomic E-state index is 0.0127. The molecule has 4 aromatic rings. The maximum absolute atomic E-state index is 13.9. The van der Waals surface area contributed by atoms with Crippen molar-refractivity contribution in [1.82, 2.24) is 0 Å². The maximum atomic E-state index is 13.9. The molecule has 0 atom stereocenters. The molecule has 5 rings (SSSR count). The first-order valence-electron chi connectivity index (χ1n) is 12.1. The summed E-state index contributed by atoms with van der Waals surface area (Å²) in [5.74, 6) is -2.58. The molecule has 0 radical (unpaired) electrons. The molecule has 0 saturated heterocycles. The van der Waals surface area contributed by atoms with E-state index in [-0.39, 0.29) is 18.3 Å². The van der Waals surface area contributed by atoms with Crippen LogP contribution in [0.1, 0.15) is 49.4 Å². The molecule has 1 nitrogen and oxygen atoms in total. The molecule has 1 aromatic heterocycles. The highest BCUT2D eigenvalue weighted by molar-refractivity contribution is 5.94. The molecule has 0 N–H and O–H groups in total. The van der Waals surface area contributed by atoms with Crippen LogP contribution in [0.15, 0.2) is 66.9 Å². The molecule has 0 aliphatic heterocycles. The SMILES string of the molecule is Cc1c(-c2cc(-c3ccc4c(c3)CCC(F)(F)C4)cc[n+]2C)cc(C(C)(C)C)c2ccccc12. The standard InChI is InChI=1S/C31H32F2N/c1-20-25-8-6-7-9-26(25)28(30(2,3)4)18-27(20)29-17-23(13-15-34(29)5)21-10-11-24-19-31(32,33)14-12-22(24)16-21/h6-11,13,15-18H,12,14,19H2,1-5H3/q+1. The predicted octanol–water partition coefficient (Wildman–Crippen LogP) is 7.73. The van der Waals surface area contributed by atoms with Gasteiger partial charge >= 0.3 is 0 Å². The molecule has 1 heterocycles. The Bertz CT molecular complexity index is 1410. The van der Waals surface area contributed by atoms with Crippen LogP contribution in [0.2, 0.25) is 0 Å². The number of halogens is 2. The van der Waals surface area contributed by atoms with Crippen LogP contribution in [0.3, 0.4) is 0 Å². The molecule has 0 amide bonds. The monoisotopic (exact) mass is 456 g/mol. The maximum Gasteiger partial charge on any atom is 0.252 e. The van der Waals surface area contributed by atoms with Gasteiger partial charge in [0.15, 0.2) is 6.20 Å². The third-order valence-corrected chi connectivity index (χ3v) is 7.30. The summed E-state index contributed by atoms with van der Waals surface area (Å²) in [6.45, 7) is 9.00. The van der Waals surface area contributed by atoms with Crippen LogP contribution in [0, 0.1) is 6.92 Å². The van der Waals surface area contributed by atoms with Gasteiger partial charge in [-0.1, -0.05) is 63.2 Å². The molecule has 0 saturated carbocycles. The van der Waals surface area contributed by atoms with E-state index in [0.29, 0.717) is 6.42 Å².